The molecule has 2 aromatic rings. The molecule has 3 rings (SSSR count). The van der Waals surface area contributed by atoms with Crippen molar-refractivity contribution in [1.82, 2.24) is 14.9 Å². The Hall–Kier alpha value is -1.66. The van der Waals surface area contributed by atoms with Crippen molar-refractivity contribution in [3.63, 3.8) is 0 Å². The summed E-state index contributed by atoms with van der Waals surface area (Å²) < 4.78 is 7.69. The normalized spacial score (nSPS) is 17.7. The molecule has 5 nitrogen and oxygen atoms in total. The highest BCUT2D eigenvalue weighted by Crippen LogP contribution is 2.30. The van der Waals surface area contributed by atoms with Crippen LogP contribution in [0.1, 0.15) is 24.7 Å². The first kappa shape index (κ1) is 13.3. The lowest BCUT2D eigenvalue weighted by molar-refractivity contribution is 0.150. The molecule has 0 saturated heterocycles. The molecule has 0 amide bonds. The first-order chi connectivity index (χ1) is 9.79. The van der Waals surface area contributed by atoms with Crippen LogP contribution in [-0.4, -0.2) is 32.6 Å². The van der Waals surface area contributed by atoms with E-state index in [2.05, 4.69) is 22.2 Å². The SMILES string of the molecule is CCCO[C@@H]1Sc2nnc(C)n2N=C1c1ccccc1. The molecule has 0 fully saturated rings. The van der Waals surface area contributed by atoms with Gasteiger partial charge in [-0.3, -0.25) is 0 Å². The number of hydrogen-bond donors (Lipinski definition) is 0. The number of benzene rings is 1. The van der Waals surface area contributed by atoms with Crippen molar-refractivity contribution in [3.8, 4) is 0 Å². The largest absolute Gasteiger partial charge is 0.361 e. The van der Waals surface area contributed by atoms with E-state index in [4.69, 9.17) is 4.74 Å². The minimum atomic E-state index is -0.131. The van der Waals surface area contributed by atoms with Gasteiger partial charge in [0, 0.05) is 12.2 Å². The molecule has 1 aliphatic rings. The summed E-state index contributed by atoms with van der Waals surface area (Å²) in [5, 5.41) is 13.7. The number of rotatable bonds is 4. The Balaban J connectivity index is 2.01. The van der Waals surface area contributed by atoms with Gasteiger partial charge in [-0.25, -0.2) is 0 Å². The lowest BCUT2D eigenvalue weighted by atomic mass is 10.1. The molecule has 0 spiro atoms. The van der Waals surface area contributed by atoms with E-state index in [1.807, 2.05) is 37.3 Å². The van der Waals surface area contributed by atoms with E-state index in [1.54, 1.807) is 16.4 Å². The van der Waals surface area contributed by atoms with Crippen molar-refractivity contribution in [1.29, 1.82) is 0 Å². The molecule has 0 unspecified atom stereocenters. The highest BCUT2D eigenvalue weighted by atomic mass is 32.2. The van der Waals surface area contributed by atoms with Crippen LogP contribution in [0.15, 0.2) is 40.6 Å². The molecule has 0 bridgehead atoms. The highest BCUT2D eigenvalue weighted by Gasteiger charge is 2.28. The minimum Gasteiger partial charge on any atom is -0.361 e. The van der Waals surface area contributed by atoms with Crippen molar-refractivity contribution in [2.75, 3.05) is 6.61 Å². The number of aryl methyl sites for hydroxylation is 1. The molecule has 1 atom stereocenters. The Morgan fingerprint density at radius 2 is 2.05 bits per heavy atom. The van der Waals surface area contributed by atoms with Gasteiger partial charge in [0.05, 0.1) is 0 Å². The summed E-state index contributed by atoms with van der Waals surface area (Å²) in [6.07, 6.45) is 0.977. The number of thioether (sulfide) groups is 1. The molecule has 0 radical (unpaired) electrons. The zero-order chi connectivity index (χ0) is 13.9. The maximum atomic E-state index is 5.92. The number of ether oxygens (including phenoxy) is 1. The first-order valence-corrected chi connectivity index (χ1v) is 7.52. The second-order valence-corrected chi connectivity index (χ2v) is 5.54. The van der Waals surface area contributed by atoms with Crippen LogP contribution < -0.4 is 0 Å². The molecule has 0 N–H and O–H groups in total. The van der Waals surface area contributed by atoms with Crippen LogP contribution in [0.2, 0.25) is 0 Å². The maximum Gasteiger partial charge on any atom is 0.214 e. The van der Waals surface area contributed by atoms with E-state index in [9.17, 15) is 0 Å². The second-order valence-electron chi connectivity index (χ2n) is 4.51. The summed E-state index contributed by atoms with van der Waals surface area (Å²) in [6.45, 7) is 4.70. The van der Waals surface area contributed by atoms with Crippen molar-refractivity contribution in [2.24, 2.45) is 5.10 Å². The molecule has 20 heavy (non-hydrogen) atoms. The summed E-state index contributed by atoms with van der Waals surface area (Å²) in [6, 6.07) is 10.1. The summed E-state index contributed by atoms with van der Waals surface area (Å²) in [4.78, 5) is 0. The van der Waals surface area contributed by atoms with Gasteiger partial charge in [0.15, 0.2) is 11.3 Å². The van der Waals surface area contributed by atoms with Crippen molar-refractivity contribution >= 4 is 17.5 Å². The van der Waals surface area contributed by atoms with Gasteiger partial charge < -0.3 is 4.74 Å². The topological polar surface area (TPSA) is 52.3 Å². The Labute approximate surface area is 122 Å². The van der Waals surface area contributed by atoms with E-state index in [0.29, 0.717) is 6.61 Å². The molecule has 2 heterocycles. The fourth-order valence-corrected chi connectivity index (χ4v) is 2.99. The van der Waals surface area contributed by atoms with E-state index in [1.165, 1.54) is 0 Å². The van der Waals surface area contributed by atoms with Crippen LogP contribution >= 0.6 is 11.8 Å². The van der Waals surface area contributed by atoms with Gasteiger partial charge in [0.25, 0.3) is 0 Å². The molecule has 1 aromatic carbocycles. The van der Waals surface area contributed by atoms with E-state index >= 15 is 0 Å². The van der Waals surface area contributed by atoms with E-state index < -0.39 is 0 Å². The molecule has 0 aliphatic carbocycles. The first-order valence-electron chi connectivity index (χ1n) is 6.64. The van der Waals surface area contributed by atoms with Crippen LogP contribution in [0.3, 0.4) is 0 Å². The standard InChI is InChI=1S/C14H16N4OS/c1-3-9-19-13-12(11-7-5-4-6-8-11)17-18-10(2)15-16-14(18)20-13/h4-8,13H,3,9H2,1-2H3/t13-/m1/s1. The van der Waals surface area contributed by atoms with Gasteiger partial charge in [-0.2, -0.15) is 9.78 Å². The molecule has 0 saturated carbocycles. The summed E-state index contributed by atoms with van der Waals surface area (Å²) in [5.74, 6) is 0.787. The number of nitrogens with zero attached hydrogens (tertiary/aromatic N) is 4. The Morgan fingerprint density at radius 1 is 1.25 bits per heavy atom. The van der Waals surface area contributed by atoms with Gasteiger partial charge in [0.1, 0.15) is 5.71 Å². The number of aromatic nitrogens is 3. The third kappa shape index (κ3) is 2.48. The second kappa shape index (κ2) is 5.76. The smallest absolute Gasteiger partial charge is 0.214 e. The number of fused-ring (bicyclic) bond motifs is 1. The highest BCUT2D eigenvalue weighted by molar-refractivity contribution is 8.00. The van der Waals surface area contributed by atoms with Crippen molar-refractivity contribution < 1.29 is 4.74 Å². The van der Waals surface area contributed by atoms with E-state index in [0.717, 1.165) is 28.7 Å². The Bertz CT molecular complexity index is 623. The van der Waals surface area contributed by atoms with Crippen molar-refractivity contribution in [3.05, 3.63) is 41.7 Å². The third-order valence-electron chi connectivity index (χ3n) is 2.95. The minimum absolute atomic E-state index is 0.131. The van der Waals surface area contributed by atoms with Gasteiger partial charge in [-0.05, 0) is 25.1 Å². The molecule has 1 aromatic heterocycles. The summed E-state index contributed by atoms with van der Waals surface area (Å²) in [5.41, 5.74) is 1.85. The third-order valence-corrected chi connectivity index (χ3v) is 3.99. The van der Waals surface area contributed by atoms with Gasteiger partial charge in [-0.15, -0.1) is 10.2 Å². The molecule has 104 valence electrons. The van der Waals surface area contributed by atoms with Gasteiger partial charge >= 0.3 is 0 Å². The molecular formula is C14H16N4OS. The Kier molecular flexibility index (Phi) is 3.84. The Morgan fingerprint density at radius 3 is 2.80 bits per heavy atom. The van der Waals surface area contributed by atoms with Crippen LogP contribution in [0.4, 0.5) is 0 Å². The zero-order valence-corrected chi connectivity index (χ0v) is 12.3. The van der Waals surface area contributed by atoms with Crippen LogP contribution in [0.5, 0.6) is 0 Å². The summed E-state index contributed by atoms with van der Waals surface area (Å²) >= 11 is 1.56. The maximum absolute atomic E-state index is 5.92. The predicted octanol–water partition coefficient (Wildman–Crippen LogP) is 2.70. The molecule has 1 aliphatic heterocycles. The van der Waals surface area contributed by atoms with Crippen molar-refractivity contribution in [2.45, 2.75) is 30.9 Å². The molecular weight excluding hydrogens is 272 g/mol. The zero-order valence-electron chi connectivity index (χ0n) is 11.5. The lowest BCUT2D eigenvalue weighted by Gasteiger charge is -2.23. The fourth-order valence-electron chi connectivity index (χ4n) is 1.97. The summed E-state index contributed by atoms with van der Waals surface area (Å²) in [7, 11) is 0. The van der Waals surface area contributed by atoms with Gasteiger partial charge in [0.2, 0.25) is 5.16 Å². The quantitative estimate of drug-likeness (QED) is 0.868. The number of hydrogen-bond acceptors (Lipinski definition) is 5. The lowest BCUT2D eigenvalue weighted by Crippen LogP contribution is -2.27. The monoisotopic (exact) mass is 288 g/mol. The average molecular weight is 288 g/mol. The van der Waals surface area contributed by atoms with E-state index in [-0.39, 0.29) is 5.44 Å². The molecule has 6 heteroatoms. The van der Waals surface area contributed by atoms with Crippen LogP contribution in [-0.2, 0) is 4.74 Å². The van der Waals surface area contributed by atoms with Crippen LogP contribution in [0.25, 0.3) is 0 Å². The average Bonchev–Trinajstić information content (AvgIpc) is 2.86. The fraction of sp³-hybridized carbons (Fsp3) is 0.357. The predicted molar refractivity (Wildman–Crippen MR) is 79.0 cm³/mol. The van der Waals surface area contributed by atoms with Crippen LogP contribution in [0, 0.1) is 6.92 Å². The van der Waals surface area contributed by atoms with Gasteiger partial charge in [-0.1, -0.05) is 37.3 Å².